The molecule has 0 fully saturated rings. The fourth-order valence-corrected chi connectivity index (χ4v) is 3.70. The van der Waals surface area contributed by atoms with Crippen LogP contribution in [0.25, 0.3) is 0 Å². The summed E-state index contributed by atoms with van der Waals surface area (Å²) in [4.78, 5) is 7.39. The number of nitrogens with zero attached hydrogens (tertiary/aromatic N) is 3. The predicted molar refractivity (Wildman–Crippen MR) is 150 cm³/mol. The van der Waals surface area contributed by atoms with Crippen LogP contribution in [0.1, 0.15) is 13.8 Å². The van der Waals surface area contributed by atoms with Crippen molar-refractivity contribution in [2.45, 2.75) is 19.5 Å². The summed E-state index contributed by atoms with van der Waals surface area (Å²) in [5.74, 6) is 0. The van der Waals surface area contributed by atoms with Crippen LogP contribution >= 0.6 is 0 Å². The van der Waals surface area contributed by atoms with Crippen LogP contribution in [0.3, 0.4) is 0 Å². The van der Waals surface area contributed by atoms with Gasteiger partial charge in [-0.05, 0) is 13.8 Å². The summed E-state index contributed by atoms with van der Waals surface area (Å²) in [7, 11) is 0. The normalized spacial score (nSPS) is 12.5. The monoisotopic (exact) mass is 505 g/mol. The molecule has 0 aliphatic heterocycles. The third kappa shape index (κ3) is 23.7. The molecule has 0 heterocycles. The van der Waals surface area contributed by atoms with Gasteiger partial charge in [-0.15, -0.1) is 0 Å². The van der Waals surface area contributed by atoms with Gasteiger partial charge in [-0.2, -0.15) is 0 Å². The van der Waals surface area contributed by atoms with Gasteiger partial charge >= 0.3 is 0 Å². The molecule has 0 aromatic rings. The van der Waals surface area contributed by atoms with Crippen molar-refractivity contribution in [1.82, 2.24) is 36.0 Å². The average molecular weight is 505 g/mol. The van der Waals surface area contributed by atoms with Crippen molar-refractivity contribution in [3.8, 4) is 0 Å². The first-order valence-electron chi connectivity index (χ1n) is 13.5. The molecule has 14 N–H and O–H groups in total. The van der Waals surface area contributed by atoms with Gasteiger partial charge in [0.2, 0.25) is 0 Å². The van der Waals surface area contributed by atoms with Gasteiger partial charge in [0, 0.05) is 131 Å². The lowest BCUT2D eigenvalue weighted by Crippen LogP contribution is -2.51. The molecular weight excluding hydrogens is 444 g/mol. The molecule has 0 saturated carbocycles. The number of nitrogens with two attached hydrogens (primary N) is 5. The van der Waals surface area contributed by atoms with Gasteiger partial charge in [-0.1, -0.05) is 0 Å². The first-order valence-corrected chi connectivity index (χ1v) is 13.5. The maximum atomic E-state index is 6.12. The molecule has 0 aromatic heterocycles. The van der Waals surface area contributed by atoms with E-state index in [-0.39, 0.29) is 5.66 Å². The van der Waals surface area contributed by atoms with Crippen LogP contribution in [0.4, 0.5) is 0 Å². The van der Waals surface area contributed by atoms with Crippen LogP contribution in [-0.2, 0) is 0 Å². The minimum Gasteiger partial charge on any atom is -0.329 e. The number of hydrogen-bond donors (Lipinski definition) is 9. The quantitative estimate of drug-likeness (QED) is 0.0388. The van der Waals surface area contributed by atoms with E-state index in [1.54, 1.807) is 0 Å². The van der Waals surface area contributed by atoms with Crippen LogP contribution in [0, 0.1) is 0 Å². The van der Waals surface area contributed by atoms with E-state index < -0.39 is 0 Å². The second-order valence-electron chi connectivity index (χ2n) is 9.58. The Labute approximate surface area is 215 Å². The summed E-state index contributed by atoms with van der Waals surface area (Å²) < 4.78 is 0. The van der Waals surface area contributed by atoms with Crippen molar-refractivity contribution in [1.29, 1.82) is 0 Å². The number of hydrogen-bond acceptors (Lipinski definition) is 12. The van der Waals surface area contributed by atoms with Crippen molar-refractivity contribution < 1.29 is 0 Å². The first-order chi connectivity index (χ1) is 16.9. The highest BCUT2D eigenvalue weighted by molar-refractivity contribution is 4.73. The van der Waals surface area contributed by atoms with E-state index in [4.69, 9.17) is 28.7 Å². The topological polar surface area (TPSA) is 188 Å². The maximum absolute atomic E-state index is 6.12. The Kier molecular flexibility index (Phi) is 23.6. The molecular formula is C23H60N12. The molecule has 0 rings (SSSR count). The zero-order valence-corrected chi connectivity index (χ0v) is 22.9. The lowest BCUT2D eigenvalue weighted by atomic mass is 10.2. The lowest BCUT2D eigenvalue weighted by Gasteiger charge is -2.31. The minimum atomic E-state index is -0.373. The highest BCUT2D eigenvalue weighted by Crippen LogP contribution is 1.97. The maximum Gasteiger partial charge on any atom is 0.0604 e. The molecule has 12 nitrogen and oxygen atoms in total. The molecule has 0 aliphatic carbocycles. The zero-order valence-electron chi connectivity index (χ0n) is 22.9. The predicted octanol–water partition coefficient (Wildman–Crippen LogP) is -4.22. The second kappa shape index (κ2) is 23.9. The summed E-state index contributed by atoms with van der Waals surface area (Å²) in [6.45, 7) is 21.7. The van der Waals surface area contributed by atoms with Gasteiger partial charge in [-0.3, -0.25) is 20.0 Å². The highest BCUT2D eigenvalue weighted by Gasteiger charge is 2.14. The number of rotatable bonds is 27. The summed E-state index contributed by atoms with van der Waals surface area (Å²) in [5.41, 5.74) is 28.5. The van der Waals surface area contributed by atoms with Gasteiger partial charge in [0.05, 0.1) is 5.66 Å². The lowest BCUT2D eigenvalue weighted by molar-refractivity contribution is 0.175. The van der Waals surface area contributed by atoms with E-state index in [9.17, 15) is 0 Å². The molecule has 0 amide bonds. The molecule has 0 radical (unpaired) electrons. The van der Waals surface area contributed by atoms with Crippen molar-refractivity contribution in [3.63, 3.8) is 0 Å². The van der Waals surface area contributed by atoms with Gasteiger partial charge in [-0.25, -0.2) is 0 Å². The van der Waals surface area contributed by atoms with E-state index in [0.717, 1.165) is 105 Å². The van der Waals surface area contributed by atoms with E-state index >= 15 is 0 Å². The summed E-state index contributed by atoms with van der Waals surface area (Å²) in [6.07, 6.45) is 0. The van der Waals surface area contributed by atoms with Crippen molar-refractivity contribution in [2.75, 3.05) is 131 Å². The Morgan fingerprint density at radius 3 is 1.26 bits per heavy atom. The summed E-state index contributed by atoms with van der Waals surface area (Å²) in [5, 5.41) is 13.7. The summed E-state index contributed by atoms with van der Waals surface area (Å²) >= 11 is 0. The van der Waals surface area contributed by atoms with Gasteiger partial charge in [0.25, 0.3) is 0 Å². The first kappa shape index (κ1) is 34.5. The van der Waals surface area contributed by atoms with E-state index in [1.165, 1.54) is 0 Å². The van der Waals surface area contributed by atoms with Crippen molar-refractivity contribution in [2.24, 2.45) is 28.7 Å². The molecule has 35 heavy (non-hydrogen) atoms. The fraction of sp³-hybridized carbons (Fsp3) is 1.00. The van der Waals surface area contributed by atoms with E-state index in [1.807, 2.05) is 13.8 Å². The molecule has 0 bridgehead atoms. The fourth-order valence-electron chi connectivity index (χ4n) is 3.70. The highest BCUT2D eigenvalue weighted by atomic mass is 15.2. The Hall–Kier alpha value is -0.480. The Bertz CT molecular complexity index is 429. The third-order valence-electron chi connectivity index (χ3n) is 5.69. The minimum absolute atomic E-state index is 0.373. The van der Waals surface area contributed by atoms with Crippen molar-refractivity contribution >= 4 is 0 Å². The molecule has 0 aromatic carbocycles. The zero-order chi connectivity index (χ0) is 26.2. The van der Waals surface area contributed by atoms with Crippen LogP contribution in [0.15, 0.2) is 0 Å². The Morgan fingerprint density at radius 2 is 0.829 bits per heavy atom. The van der Waals surface area contributed by atoms with Crippen LogP contribution < -0.4 is 49.9 Å². The molecule has 0 spiro atoms. The third-order valence-corrected chi connectivity index (χ3v) is 5.69. The van der Waals surface area contributed by atoms with Gasteiger partial charge in [0.1, 0.15) is 0 Å². The van der Waals surface area contributed by atoms with Crippen LogP contribution in [0.5, 0.6) is 0 Å². The smallest absolute Gasteiger partial charge is 0.0604 e. The molecule has 0 saturated heterocycles. The standard InChI is InChI=1S/C23H60N12/c1-23(2,28)32-13-18-35(21-19-33(14-5-26)15-6-27)22-20-34(16-11-30-8-4-25)17-12-31-10-9-29-7-3-24/h29-32H,3-22,24-28H2,1-2H3. The molecule has 0 aliphatic rings. The van der Waals surface area contributed by atoms with Crippen LogP contribution in [0.2, 0.25) is 0 Å². The SMILES string of the molecule is CC(C)(N)NCCN(CCN(CCN)CCN)CCN(CCNCCN)CCNCCNCCN. The van der Waals surface area contributed by atoms with Crippen molar-refractivity contribution in [3.05, 3.63) is 0 Å². The van der Waals surface area contributed by atoms with E-state index in [2.05, 4.69) is 36.0 Å². The van der Waals surface area contributed by atoms with Gasteiger partial charge < -0.3 is 44.6 Å². The number of nitrogens with one attached hydrogen (secondary N) is 4. The molecule has 0 unspecified atom stereocenters. The largest absolute Gasteiger partial charge is 0.329 e. The van der Waals surface area contributed by atoms with E-state index in [0.29, 0.717) is 26.2 Å². The van der Waals surface area contributed by atoms with Gasteiger partial charge in [0.15, 0.2) is 0 Å². The molecule has 12 heteroatoms. The molecule has 0 atom stereocenters. The second-order valence-corrected chi connectivity index (χ2v) is 9.58. The Morgan fingerprint density at radius 1 is 0.457 bits per heavy atom. The molecule has 212 valence electrons. The summed E-state index contributed by atoms with van der Waals surface area (Å²) in [6, 6.07) is 0. The average Bonchev–Trinajstić information content (AvgIpc) is 2.81. The van der Waals surface area contributed by atoms with Crippen LogP contribution in [-0.4, -0.2) is 151 Å². The Balaban J connectivity index is 4.75.